The molecule has 0 amide bonds. The number of carbonyl (C=O) groups excluding carboxylic acids is 1. The number of benzene rings is 2. The standard InChI is InChI=1S/C31H46Br2N2O3/c1-5-34(6-2)19-9-21-37-27-15-11-25(12-16-27)29(23-32)31(36)30(24-33)26-13-17-28(18-14-26)38-22-10-20-35(7-3)8-4/h11-18,29-30H,5-10,19-24H2,1-4H3. The number of hydrogen-bond donors (Lipinski definition) is 0. The third kappa shape index (κ3) is 10.6. The van der Waals surface area contributed by atoms with Crippen LogP contribution in [-0.2, 0) is 4.79 Å². The molecule has 212 valence electrons. The molecule has 7 heteroatoms. The fourth-order valence-electron chi connectivity index (χ4n) is 4.53. The van der Waals surface area contributed by atoms with Crippen molar-refractivity contribution in [3.8, 4) is 11.5 Å². The molecule has 0 N–H and O–H groups in total. The van der Waals surface area contributed by atoms with E-state index in [1.54, 1.807) is 0 Å². The molecule has 0 saturated heterocycles. The maximum atomic E-state index is 13.6. The molecule has 0 fully saturated rings. The van der Waals surface area contributed by atoms with Gasteiger partial charge in [0.15, 0.2) is 0 Å². The summed E-state index contributed by atoms with van der Waals surface area (Å²) in [7, 11) is 0. The molecule has 0 radical (unpaired) electrons. The van der Waals surface area contributed by atoms with Crippen molar-refractivity contribution in [1.29, 1.82) is 0 Å². The van der Waals surface area contributed by atoms with Crippen LogP contribution in [-0.4, -0.2) is 78.7 Å². The maximum Gasteiger partial charge on any atom is 0.149 e. The Morgan fingerprint density at radius 1 is 0.658 bits per heavy atom. The second kappa shape index (κ2) is 18.8. The summed E-state index contributed by atoms with van der Waals surface area (Å²) in [4.78, 5) is 18.4. The van der Waals surface area contributed by atoms with E-state index in [4.69, 9.17) is 9.47 Å². The normalized spacial score (nSPS) is 13.1. The molecule has 0 aliphatic carbocycles. The molecule has 0 bridgehead atoms. The molecule has 2 unspecified atom stereocenters. The van der Waals surface area contributed by atoms with Crippen LogP contribution in [0.2, 0.25) is 0 Å². The molecule has 0 aromatic heterocycles. The van der Waals surface area contributed by atoms with Gasteiger partial charge in [0.05, 0.1) is 25.0 Å². The van der Waals surface area contributed by atoms with Crippen LogP contribution in [0.5, 0.6) is 11.5 Å². The summed E-state index contributed by atoms with van der Waals surface area (Å²) in [6, 6.07) is 16.0. The van der Waals surface area contributed by atoms with E-state index < -0.39 is 0 Å². The number of hydrogen-bond acceptors (Lipinski definition) is 5. The van der Waals surface area contributed by atoms with E-state index in [-0.39, 0.29) is 17.6 Å². The fraction of sp³-hybridized carbons (Fsp3) is 0.581. The first-order chi connectivity index (χ1) is 18.5. The molecular weight excluding hydrogens is 608 g/mol. The second-order valence-corrected chi connectivity index (χ2v) is 10.7. The minimum Gasteiger partial charge on any atom is -0.494 e. The van der Waals surface area contributed by atoms with E-state index in [1.165, 1.54) is 0 Å². The Morgan fingerprint density at radius 3 is 1.29 bits per heavy atom. The summed E-state index contributed by atoms with van der Waals surface area (Å²) >= 11 is 7.18. The first kappa shape index (κ1) is 32.8. The van der Waals surface area contributed by atoms with Gasteiger partial charge in [0, 0.05) is 23.7 Å². The summed E-state index contributed by atoms with van der Waals surface area (Å²) in [5.41, 5.74) is 2.00. The van der Waals surface area contributed by atoms with Crippen molar-refractivity contribution < 1.29 is 14.3 Å². The molecular formula is C31H46Br2N2O3. The highest BCUT2D eigenvalue weighted by Gasteiger charge is 2.28. The summed E-state index contributed by atoms with van der Waals surface area (Å²) < 4.78 is 11.9. The Kier molecular flexibility index (Phi) is 16.2. The van der Waals surface area contributed by atoms with Crippen molar-refractivity contribution >= 4 is 37.6 Å². The van der Waals surface area contributed by atoms with Gasteiger partial charge in [-0.05, 0) is 74.4 Å². The van der Waals surface area contributed by atoms with E-state index in [2.05, 4.69) is 69.4 Å². The molecule has 0 aliphatic rings. The Labute approximate surface area is 247 Å². The van der Waals surface area contributed by atoms with E-state index in [0.29, 0.717) is 23.9 Å². The third-order valence-electron chi connectivity index (χ3n) is 7.12. The molecule has 2 aromatic carbocycles. The smallest absolute Gasteiger partial charge is 0.149 e. The van der Waals surface area contributed by atoms with Crippen molar-refractivity contribution in [3.05, 3.63) is 59.7 Å². The monoisotopic (exact) mass is 652 g/mol. The van der Waals surface area contributed by atoms with Crippen LogP contribution in [0.25, 0.3) is 0 Å². The van der Waals surface area contributed by atoms with Gasteiger partial charge in [0.25, 0.3) is 0 Å². The van der Waals surface area contributed by atoms with Gasteiger partial charge in [-0.1, -0.05) is 83.8 Å². The number of Topliss-reactive ketones (excluding diaryl/α,β-unsaturated/α-hetero) is 1. The average molecular weight is 655 g/mol. The Bertz CT molecular complexity index is 827. The fourth-order valence-corrected chi connectivity index (χ4v) is 5.92. The van der Waals surface area contributed by atoms with Crippen molar-refractivity contribution in [2.24, 2.45) is 0 Å². The predicted octanol–water partition coefficient (Wildman–Crippen LogP) is 7.13. The lowest BCUT2D eigenvalue weighted by atomic mass is 9.86. The number of ketones is 1. The molecule has 5 nitrogen and oxygen atoms in total. The Morgan fingerprint density at radius 2 is 1.00 bits per heavy atom. The van der Waals surface area contributed by atoms with Gasteiger partial charge < -0.3 is 19.3 Å². The minimum atomic E-state index is -0.231. The SMILES string of the molecule is CCN(CC)CCCOc1ccc(C(CBr)C(=O)C(CBr)c2ccc(OCCCN(CC)CC)cc2)cc1. The van der Waals surface area contributed by atoms with Gasteiger partial charge >= 0.3 is 0 Å². The van der Waals surface area contributed by atoms with Crippen LogP contribution < -0.4 is 9.47 Å². The lowest BCUT2D eigenvalue weighted by molar-refractivity contribution is -0.121. The van der Waals surface area contributed by atoms with E-state index in [1.807, 2.05) is 48.5 Å². The molecule has 0 spiro atoms. The zero-order valence-electron chi connectivity index (χ0n) is 23.6. The van der Waals surface area contributed by atoms with Crippen molar-refractivity contribution in [1.82, 2.24) is 9.80 Å². The zero-order valence-corrected chi connectivity index (χ0v) is 26.8. The highest BCUT2D eigenvalue weighted by atomic mass is 79.9. The molecule has 2 rings (SSSR count). The van der Waals surface area contributed by atoms with E-state index in [0.717, 1.165) is 74.7 Å². The quantitative estimate of drug-likeness (QED) is 0.112. The predicted molar refractivity (Wildman–Crippen MR) is 167 cm³/mol. The molecule has 2 aromatic rings. The van der Waals surface area contributed by atoms with Crippen LogP contribution in [0, 0.1) is 0 Å². The molecule has 0 aliphatic heterocycles. The topological polar surface area (TPSA) is 42.0 Å². The highest BCUT2D eigenvalue weighted by molar-refractivity contribution is 9.09. The highest BCUT2D eigenvalue weighted by Crippen LogP contribution is 2.31. The summed E-state index contributed by atoms with van der Waals surface area (Å²) in [5, 5.41) is 1.15. The lowest BCUT2D eigenvalue weighted by Gasteiger charge is -2.21. The zero-order chi connectivity index (χ0) is 27.8. The van der Waals surface area contributed by atoms with Crippen LogP contribution in [0.15, 0.2) is 48.5 Å². The second-order valence-electron chi connectivity index (χ2n) is 9.41. The van der Waals surface area contributed by atoms with Crippen molar-refractivity contribution in [2.45, 2.75) is 52.4 Å². The lowest BCUT2D eigenvalue weighted by Crippen LogP contribution is -2.25. The molecule has 0 heterocycles. The molecule has 0 saturated carbocycles. The van der Waals surface area contributed by atoms with Gasteiger partial charge in [-0.2, -0.15) is 0 Å². The number of nitrogens with zero attached hydrogens (tertiary/aromatic N) is 2. The van der Waals surface area contributed by atoms with Gasteiger partial charge in [0.2, 0.25) is 0 Å². The summed E-state index contributed by atoms with van der Waals surface area (Å²) in [5.74, 6) is 1.42. The minimum absolute atomic E-state index is 0.194. The van der Waals surface area contributed by atoms with Gasteiger partial charge in [-0.25, -0.2) is 0 Å². The van der Waals surface area contributed by atoms with E-state index in [9.17, 15) is 4.79 Å². The van der Waals surface area contributed by atoms with E-state index >= 15 is 0 Å². The van der Waals surface area contributed by atoms with Crippen LogP contribution >= 0.6 is 31.9 Å². The molecule has 38 heavy (non-hydrogen) atoms. The third-order valence-corrected chi connectivity index (χ3v) is 8.42. The first-order valence-electron chi connectivity index (χ1n) is 14.1. The summed E-state index contributed by atoms with van der Waals surface area (Å²) in [6.07, 6.45) is 2.00. The number of halogens is 2. The van der Waals surface area contributed by atoms with Gasteiger partial charge in [-0.15, -0.1) is 0 Å². The number of ether oxygens (including phenoxy) is 2. The largest absolute Gasteiger partial charge is 0.494 e. The Hall–Kier alpha value is -1.41. The first-order valence-corrected chi connectivity index (χ1v) is 16.3. The molecule has 2 atom stereocenters. The Balaban J connectivity index is 1.93. The average Bonchev–Trinajstić information content (AvgIpc) is 2.95. The number of rotatable bonds is 20. The number of alkyl halides is 2. The van der Waals surface area contributed by atoms with Crippen molar-refractivity contribution in [3.63, 3.8) is 0 Å². The van der Waals surface area contributed by atoms with Crippen LogP contribution in [0.3, 0.4) is 0 Å². The maximum absolute atomic E-state index is 13.6. The number of carbonyl (C=O) groups is 1. The van der Waals surface area contributed by atoms with Crippen LogP contribution in [0.4, 0.5) is 0 Å². The van der Waals surface area contributed by atoms with Crippen LogP contribution in [0.1, 0.15) is 63.5 Å². The summed E-state index contributed by atoms with van der Waals surface area (Å²) in [6.45, 7) is 16.5. The van der Waals surface area contributed by atoms with Gasteiger partial charge in [0.1, 0.15) is 17.3 Å². The van der Waals surface area contributed by atoms with Gasteiger partial charge in [-0.3, -0.25) is 4.79 Å². The van der Waals surface area contributed by atoms with Crippen molar-refractivity contribution in [2.75, 3.05) is 63.1 Å².